The molecule has 0 unspecified atom stereocenters. The van der Waals surface area contributed by atoms with Crippen LogP contribution >= 0.6 is 15.9 Å². The highest BCUT2D eigenvalue weighted by atomic mass is 79.9. The third kappa shape index (κ3) is 1.83. The molecule has 0 saturated heterocycles. The number of hydrogen-bond donors (Lipinski definition) is 0. The third-order valence-corrected chi connectivity index (χ3v) is 3.69. The van der Waals surface area contributed by atoms with Gasteiger partial charge in [0.15, 0.2) is 11.6 Å². The average molecular weight is 322 g/mol. The first-order valence-corrected chi connectivity index (χ1v) is 6.42. The van der Waals surface area contributed by atoms with Gasteiger partial charge in [0, 0.05) is 11.6 Å². The van der Waals surface area contributed by atoms with Crippen LogP contribution in [0.15, 0.2) is 27.3 Å². The van der Waals surface area contributed by atoms with Crippen molar-refractivity contribution < 1.29 is 8.91 Å². The number of aromatic nitrogens is 3. The number of hydrogen-bond acceptors (Lipinski definition) is 4. The molecule has 0 radical (unpaired) electrons. The molecule has 2 aromatic heterocycles. The first kappa shape index (κ1) is 12.2. The smallest absolute Gasteiger partial charge is 0.259 e. The molecule has 19 heavy (non-hydrogen) atoms. The Hall–Kier alpha value is -1.82. The summed E-state index contributed by atoms with van der Waals surface area (Å²) in [7, 11) is 0. The summed E-state index contributed by atoms with van der Waals surface area (Å²) >= 11 is 3.26. The van der Waals surface area contributed by atoms with Gasteiger partial charge in [-0.2, -0.15) is 4.98 Å². The Bertz CT molecular complexity index is 785. The van der Waals surface area contributed by atoms with Crippen LogP contribution in [-0.2, 0) is 0 Å². The van der Waals surface area contributed by atoms with Crippen molar-refractivity contribution in [3.05, 3.63) is 40.0 Å². The molecular formula is C13H9BrFN3O. The van der Waals surface area contributed by atoms with Gasteiger partial charge >= 0.3 is 0 Å². The molecule has 1 aromatic carbocycles. The van der Waals surface area contributed by atoms with Gasteiger partial charge in [0.2, 0.25) is 0 Å². The molecule has 96 valence electrons. The lowest BCUT2D eigenvalue weighted by molar-refractivity contribution is 0.425. The van der Waals surface area contributed by atoms with Crippen molar-refractivity contribution in [2.45, 2.75) is 13.8 Å². The number of aryl methyl sites for hydroxylation is 2. The maximum absolute atomic E-state index is 14.3. The molecule has 3 aromatic rings. The van der Waals surface area contributed by atoms with Crippen LogP contribution in [0.1, 0.15) is 11.4 Å². The minimum Gasteiger partial charge on any atom is -0.334 e. The van der Waals surface area contributed by atoms with Gasteiger partial charge in [0.05, 0.1) is 10.0 Å². The number of fused-ring (bicyclic) bond motifs is 1. The molecule has 0 saturated carbocycles. The van der Waals surface area contributed by atoms with E-state index in [0.29, 0.717) is 27.3 Å². The van der Waals surface area contributed by atoms with E-state index in [1.807, 2.05) is 13.0 Å². The SMILES string of the molecule is Cc1noc(-c2c(Br)c(F)c3ncccc3c2C)n1. The molecule has 0 aliphatic rings. The topological polar surface area (TPSA) is 51.8 Å². The number of halogens is 2. The van der Waals surface area contributed by atoms with Crippen LogP contribution in [-0.4, -0.2) is 15.1 Å². The molecule has 0 atom stereocenters. The second kappa shape index (κ2) is 4.38. The largest absolute Gasteiger partial charge is 0.334 e. The van der Waals surface area contributed by atoms with Crippen molar-refractivity contribution in [3.63, 3.8) is 0 Å². The summed E-state index contributed by atoms with van der Waals surface area (Å²) in [6.07, 6.45) is 1.56. The Morgan fingerprint density at radius 1 is 1.32 bits per heavy atom. The van der Waals surface area contributed by atoms with Gasteiger partial charge in [-0.1, -0.05) is 11.2 Å². The van der Waals surface area contributed by atoms with Crippen LogP contribution < -0.4 is 0 Å². The first-order chi connectivity index (χ1) is 9.09. The molecule has 0 spiro atoms. The maximum Gasteiger partial charge on any atom is 0.259 e. The standard InChI is InChI=1S/C13H9BrFN3O/c1-6-8-4-3-5-16-12(8)11(15)10(14)9(6)13-17-7(2)18-19-13/h3-5H,1-2H3. The summed E-state index contributed by atoms with van der Waals surface area (Å²) in [5.41, 5.74) is 1.74. The molecular weight excluding hydrogens is 313 g/mol. The van der Waals surface area contributed by atoms with Gasteiger partial charge in [0.25, 0.3) is 5.89 Å². The van der Waals surface area contributed by atoms with Crippen LogP contribution in [0.25, 0.3) is 22.4 Å². The van der Waals surface area contributed by atoms with E-state index in [1.165, 1.54) is 0 Å². The lowest BCUT2D eigenvalue weighted by Gasteiger charge is -2.09. The highest BCUT2D eigenvalue weighted by Gasteiger charge is 2.21. The van der Waals surface area contributed by atoms with Crippen LogP contribution in [0.3, 0.4) is 0 Å². The predicted molar refractivity (Wildman–Crippen MR) is 72.2 cm³/mol. The van der Waals surface area contributed by atoms with Crippen molar-refractivity contribution in [2.75, 3.05) is 0 Å². The molecule has 0 fully saturated rings. The van der Waals surface area contributed by atoms with Crippen LogP contribution in [0, 0.1) is 19.7 Å². The zero-order valence-corrected chi connectivity index (χ0v) is 11.8. The van der Waals surface area contributed by atoms with Gasteiger partial charge in [-0.15, -0.1) is 0 Å². The first-order valence-electron chi connectivity index (χ1n) is 5.62. The summed E-state index contributed by atoms with van der Waals surface area (Å²) < 4.78 is 19.8. The Labute approximate surface area is 116 Å². The second-order valence-corrected chi connectivity index (χ2v) is 4.97. The van der Waals surface area contributed by atoms with Crippen LogP contribution in [0.2, 0.25) is 0 Å². The minimum atomic E-state index is -0.424. The fourth-order valence-corrected chi connectivity index (χ4v) is 2.70. The molecule has 3 rings (SSSR count). The fraction of sp³-hybridized carbons (Fsp3) is 0.154. The summed E-state index contributed by atoms with van der Waals surface area (Å²) in [6, 6.07) is 3.59. The van der Waals surface area contributed by atoms with Crippen molar-refractivity contribution in [1.82, 2.24) is 15.1 Å². The van der Waals surface area contributed by atoms with E-state index in [2.05, 4.69) is 31.1 Å². The van der Waals surface area contributed by atoms with Gasteiger partial charge < -0.3 is 4.52 Å². The van der Waals surface area contributed by atoms with Crippen molar-refractivity contribution in [3.8, 4) is 11.5 Å². The van der Waals surface area contributed by atoms with Crippen molar-refractivity contribution in [1.29, 1.82) is 0 Å². The summed E-state index contributed by atoms with van der Waals surface area (Å²) in [6.45, 7) is 3.60. The van der Waals surface area contributed by atoms with Gasteiger partial charge in [-0.25, -0.2) is 4.39 Å². The molecule has 6 heteroatoms. The Balaban J connectivity index is 2.43. The van der Waals surface area contributed by atoms with Gasteiger partial charge in [0.1, 0.15) is 5.52 Å². The number of pyridine rings is 1. The quantitative estimate of drug-likeness (QED) is 0.684. The lowest BCUT2D eigenvalue weighted by atomic mass is 10.0. The molecule has 0 aliphatic carbocycles. The summed E-state index contributed by atoms with van der Waals surface area (Å²) in [5, 5.41) is 4.47. The second-order valence-electron chi connectivity index (χ2n) is 4.17. The number of benzene rings is 1. The van der Waals surface area contributed by atoms with Crippen molar-refractivity contribution in [2.24, 2.45) is 0 Å². The van der Waals surface area contributed by atoms with Crippen LogP contribution in [0.4, 0.5) is 4.39 Å². The fourth-order valence-electron chi connectivity index (χ4n) is 2.05. The van der Waals surface area contributed by atoms with E-state index >= 15 is 0 Å². The summed E-state index contributed by atoms with van der Waals surface area (Å²) in [5.74, 6) is 0.381. The predicted octanol–water partition coefficient (Wildman–Crippen LogP) is 3.80. The molecule has 0 bridgehead atoms. The minimum absolute atomic E-state index is 0.292. The van der Waals surface area contributed by atoms with E-state index in [0.717, 1.165) is 10.9 Å². The molecule has 4 nitrogen and oxygen atoms in total. The zero-order chi connectivity index (χ0) is 13.6. The highest BCUT2D eigenvalue weighted by Crippen LogP contribution is 2.37. The average Bonchev–Trinajstić information content (AvgIpc) is 2.83. The number of rotatable bonds is 1. The lowest BCUT2D eigenvalue weighted by Crippen LogP contribution is -1.95. The Kier molecular flexibility index (Phi) is 2.82. The third-order valence-electron chi connectivity index (χ3n) is 2.95. The van der Waals surface area contributed by atoms with E-state index < -0.39 is 5.82 Å². The Morgan fingerprint density at radius 3 is 2.79 bits per heavy atom. The molecule has 0 aliphatic heterocycles. The van der Waals surface area contributed by atoms with E-state index in [4.69, 9.17) is 4.52 Å². The number of nitrogens with zero attached hydrogens (tertiary/aromatic N) is 3. The summed E-state index contributed by atoms with van der Waals surface area (Å²) in [4.78, 5) is 8.23. The Morgan fingerprint density at radius 2 is 2.11 bits per heavy atom. The van der Waals surface area contributed by atoms with Gasteiger partial charge in [-0.05, 0) is 41.4 Å². The maximum atomic E-state index is 14.3. The normalized spacial score (nSPS) is 11.2. The molecule has 2 heterocycles. The molecule has 0 N–H and O–H groups in total. The van der Waals surface area contributed by atoms with E-state index in [1.54, 1.807) is 19.2 Å². The monoisotopic (exact) mass is 321 g/mol. The van der Waals surface area contributed by atoms with Crippen molar-refractivity contribution >= 4 is 26.8 Å². The van der Waals surface area contributed by atoms with E-state index in [9.17, 15) is 4.39 Å². The zero-order valence-electron chi connectivity index (χ0n) is 10.2. The van der Waals surface area contributed by atoms with Gasteiger partial charge in [-0.3, -0.25) is 4.98 Å². The highest BCUT2D eigenvalue weighted by molar-refractivity contribution is 9.10. The van der Waals surface area contributed by atoms with E-state index in [-0.39, 0.29) is 0 Å². The molecule has 0 amide bonds. The van der Waals surface area contributed by atoms with Crippen LogP contribution in [0.5, 0.6) is 0 Å².